The van der Waals surface area contributed by atoms with Crippen molar-refractivity contribution in [1.29, 1.82) is 0 Å². The van der Waals surface area contributed by atoms with E-state index in [0.29, 0.717) is 6.54 Å². The van der Waals surface area contributed by atoms with E-state index in [1.165, 1.54) is 5.69 Å². The molecule has 0 bridgehead atoms. The lowest BCUT2D eigenvalue weighted by molar-refractivity contribution is 0.540. The third kappa shape index (κ3) is 6.32. The Morgan fingerprint density at radius 1 is 1.00 bits per heavy atom. The van der Waals surface area contributed by atoms with Gasteiger partial charge in [0.1, 0.15) is 0 Å². The highest BCUT2D eigenvalue weighted by Gasteiger charge is 2.27. The summed E-state index contributed by atoms with van der Waals surface area (Å²) in [4.78, 5) is 2.38. The van der Waals surface area contributed by atoms with Crippen molar-refractivity contribution in [2.75, 3.05) is 36.4 Å². The molecule has 0 fully saturated rings. The maximum Gasteiger partial charge on any atom is 0.216 e. The van der Waals surface area contributed by atoms with Crippen LogP contribution in [0.3, 0.4) is 0 Å². The normalized spacial score (nSPS) is 15.3. The van der Waals surface area contributed by atoms with Crippen molar-refractivity contribution in [2.24, 2.45) is 0 Å². The third-order valence-corrected chi connectivity index (χ3v) is 6.77. The summed E-state index contributed by atoms with van der Waals surface area (Å²) in [6.07, 6.45) is 8.45. The van der Waals surface area contributed by atoms with Crippen molar-refractivity contribution >= 4 is 21.4 Å². The minimum Gasteiger partial charge on any atom is -0.385 e. The summed E-state index contributed by atoms with van der Waals surface area (Å²) in [6.45, 7) is 8.63. The topological polar surface area (TPSA) is 61.4 Å². The first-order valence-electron chi connectivity index (χ1n) is 9.53. The van der Waals surface area contributed by atoms with E-state index in [1.54, 1.807) is 20.8 Å². The lowest BCUT2D eigenvalue weighted by atomic mass is 10.2. The summed E-state index contributed by atoms with van der Waals surface area (Å²) in [5.74, 6) is 0. The molecule has 0 aromatic heterocycles. The fourth-order valence-electron chi connectivity index (χ4n) is 2.75. The average Bonchev–Trinajstić information content (AvgIpc) is 2.61. The Kier molecular flexibility index (Phi) is 7.53. The number of nitrogens with one attached hydrogen (secondary N) is 2. The summed E-state index contributed by atoms with van der Waals surface area (Å²) in [5, 5.41) is 3.44. The number of hydrogen-bond donors (Lipinski definition) is 2. The number of anilines is 2. The van der Waals surface area contributed by atoms with Crippen LogP contribution < -0.4 is 14.9 Å². The van der Waals surface area contributed by atoms with Crippen LogP contribution in [0.5, 0.6) is 0 Å². The summed E-state index contributed by atoms with van der Waals surface area (Å²) < 4.78 is 25.8. The highest BCUT2D eigenvalue weighted by atomic mass is 32.2. The van der Waals surface area contributed by atoms with Crippen LogP contribution in [0.2, 0.25) is 0 Å². The van der Waals surface area contributed by atoms with Crippen molar-refractivity contribution in [3.63, 3.8) is 0 Å². The van der Waals surface area contributed by atoms with Crippen LogP contribution in [-0.4, -0.2) is 39.3 Å². The van der Waals surface area contributed by atoms with Gasteiger partial charge in [-0.25, -0.2) is 13.1 Å². The van der Waals surface area contributed by atoms with Crippen LogP contribution in [0.4, 0.5) is 11.4 Å². The van der Waals surface area contributed by atoms with Crippen LogP contribution in [0, 0.1) is 0 Å². The first-order valence-corrected chi connectivity index (χ1v) is 11.0. The predicted octanol–water partition coefficient (Wildman–Crippen LogP) is 3.75. The minimum absolute atomic E-state index is 0.512. The molecule has 0 unspecified atom stereocenters. The lowest BCUT2D eigenvalue weighted by Gasteiger charge is -2.25. The van der Waals surface area contributed by atoms with Crippen molar-refractivity contribution in [2.45, 2.75) is 51.2 Å². The predicted molar refractivity (Wildman–Crippen MR) is 111 cm³/mol. The molecule has 0 saturated carbocycles. The Morgan fingerprint density at radius 3 is 2.31 bits per heavy atom. The Balaban J connectivity index is 1.61. The molecule has 1 aromatic rings. The van der Waals surface area contributed by atoms with Gasteiger partial charge in [-0.05, 0) is 64.3 Å². The van der Waals surface area contributed by atoms with E-state index in [-0.39, 0.29) is 0 Å². The molecule has 1 aliphatic rings. The molecular weight excluding hydrogens is 346 g/mol. The largest absolute Gasteiger partial charge is 0.385 e. The van der Waals surface area contributed by atoms with E-state index in [1.807, 2.05) is 0 Å². The van der Waals surface area contributed by atoms with Gasteiger partial charge in [-0.3, -0.25) is 0 Å². The smallest absolute Gasteiger partial charge is 0.216 e. The molecule has 6 heteroatoms. The molecule has 0 spiro atoms. The zero-order valence-electron chi connectivity index (χ0n) is 16.3. The molecule has 0 amide bonds. The first kappa shape index (κ1) is 20.8. The van der Waals surface area contributed by atoms with Gasteiger partial charge >= 0.3 is 0 Å². The molecule has 146 valence electrons. The summed E-state index contributed by atoms with van der Waals surface area (Å²) in [5.41, 5.74) is 2.40. The van der Waals surface area contributed by atoms with Crippen LogP contribution in [0.25, 0.3) is 0 Å². The SMILES string of the molecule is CC(C)(C)S(=O)(=O)NCCCCCNc1ccc(N2CC=CCC2)cc1. The molecule has 0 saturated heterocycles. The Bertz CT molecular complexity index is 676. The lowest BCUT2D eigenvalue weighted by Crippen LogP contribution is -2.39. The molecule has 1 aromatic carbocycles. The summed E-state index contributed by atoms with van der Waals surface area (Å²) in [6, 6.07) is 8.60. The Labute approximate surface area is 158 Å². The number of rotatable bonds is 9. The van der Waals surface area contributed by atoms with Gasteiger partial charge in [-0.2, -0.15) is 0 Å². The van der Waals surface area contributed by atoms with Gasteiger partial charge in [0.05, 0.1) is 4.75 Å². The molecule has 0 radical (unpaired) electrons. The van der Waals surface area contributed by atoms with Gasteiger partial charge < -0.3 is 10.2 Å². The van der Waals surface area contributed by atoms with Gasteiger partial charge in [-0.1, -0.05) is 18.6 Å². The molecule has 5 nitrogen and oxygen atoms in total. The van der Waals surface area contributed by atoms with Crippen LogP contribution in [0.15, 0.2) is 36.4 Å². The maximum absolute atomic E-state index is 11.9. The van der Waals surface area contributed by atoms with Gasteiger partial charge in [0.15, 0.2) is 0 Å². The second-order valence-electron chi connectivity index (χ2n) is 7.75. The van der Waals surface area contributed by atoms with Crippen molar-refractivity contribution < 1.29 is 8.42 Å². The van der Waals surface area contributed by atoms with Gasteiger partial charge in [0.2, 0.25) is 10.0 Å². The summed E-state index contributed by atoms with van der Waals surface area (Å²) in [7, 11) is -3.22. The van der Waals surface area contributed by atoms with Crippen LogP contribution in [-0.2, 0) is 10.0 Å². The molecule has 1 heterocycles. The number of nitrogens with zero attached hydrogens (tertiary/aromatic N) is 1. The molecule has 0 aliphatic carbocycles. The second-order valence-corrected chi connectivity index (χ2v) is 10.3. The van der Waals surface area contributed by atoms with Gasteiger partial charge in [0.25, 0.3) is 0 Å². The average molecular weight is 380 g/mol. The van der Waals surface area contributed by atoms with E-state index in [4.69, 9.17) is 0 Å². The number of sulfonamides is 1. The molecule has 2 rings (SSSR count). The van der Waals surface area contributed by atoms with Gasteiger partial charge in [-0.15, -0.1) is 0 Å². The van der Waals surface area contributed by atoms with E-state index < -0.39 is 14.8 Å². The zero-order valence-corrected chi connectivity index (χ0v) is 17.1. The summed E-state index contributed by atoms with van der Waals surface area (Å²) >= 11 is 0. The fourth-order valence-corrected chi connectivity index (χ4v) is 3.59. The molecule has 0 atom stereocenters. The fraction of sp³-hybridized carbons (Fsp3) is 0.600. The van der Waals surface area contributed by atoms with Crippen LogP contribution >= 0.6 is 0 Å². The Hall–Kier alpha value is -1.53. The zero-order chi connectivity index (χ0) is 19.0. The number of benzene rings is 1. The first-order chi connectivity index (χ1) is 12.3. The van der Waals surface area contributed by atoms with E-state index >= 15 is 0 Å². The number of hydrogen-bond acceptors (Lipinski definition) is 4. The third-order valence-electron chi connectivity index (χ3n) is 4.57. The van der Waals surface area contributed by atoms with E-state index in [9.17, 15) is 8.42 Å². The standard InChI is InChI=1S/C20H33N3O2S/c1-20(2,3)26(24,25)22-15-7-4-6-14-21-18-10-12-19(13-11-18)23-16-8-5-9-17-23/h5,8,10-13,21-22H,4,6-7,9,14-17H2,1-3H3. The molecular formula is C20H33N3O2S. The molecule has 26 heavy (non-hydrogen) atoms. The molecule has 1 aliphatic heterocycles. The number of unbranched alkanes of at least 4 members (excludes halogenated alkanes) is 2. The van der Waals surface area contributed by atoms with Crippen molar-refractivity contribution in [1.82, 2.24) is 4.72 Å². The van der Waals surface area contributed by atoms with E-state index in [0.717, 1.165) is 51.0 Å². The highest BCUT2D eigenvalue weighted by Crippen LogP contribution is 2.20. The Morgan fingerprint density at radius 2 is 1.69 bits per heavy atom. The van der Waals surface area contributed by atoms with Crippen molar-refractivity contribution in [3.05, 3.63) is 36.4 Å². The van der Waals surface area contributed by atoms with Crippen molar-refractivity contribution in [3.8, 4) is 0 Å². The maximum atomic E-state index is 11.9. The second kappa shape index (κ2) is 9.42. The highest BCUT2D eigenvalue weighted by molar-refractivity contribution is 7.90. The quantitative estimate of drug-likeness (QED) is 0.507. The van der Waals surface area contributed by atoms with E-state index in [2.05, 4.69) is 51.4 Å². The molecule has 2 N–H and O–H groups in total. The van der Waals surface area contributed by atoms with Crippen LogP contribution in [0.1, 0.15) is 46.5 Å². The minimum atomic E-state index is -3.22. The monoisotopic (exact) mass is 379 g/mol. The van der Waals surface area contributed by atoms with Gasteiger partial charge in [0, 0.05) is 37.6 Å².